The maximum absolute atomic E-state index is 5.63. The van der Waals surface area contributed by atoms with E-state index in [0.29, 0.717) is 25.2 Å². The van der Waals surface area contributed by atoms with Crippen molar-refractivity contribution >= 4 is 28.5 Å². The van der Waals surface area contributed by atoms with Crippen LogP contribution in [0, 0.1) is 0 Å². The summed E-state index contributed by atoms with van der Waals surface area (Å²) >= 11 is 0. The number of H-pyrrole nitrogens is 1. The third-order valence-corrected chi connectivity index (χ3v) is 4.66. The quantitative estimate of drug-likeness (QED) is 0.676. The second-order valence-corrected chi connectivity index (χ2v) is 6.39. The molecule has 128 valence electrons. The van der Waals surface area contributed by atoms with Crippen LogP contribution in [0.5, 0.6) is 11.5 Å². The summed E-state index contributed by atoms with van der Waals surface area (Å²) in [6.07, 6.45) is 5.56. The molecule has 5 rings (SSSR count). The highest BCUT2D eigenvalue weighted by Crippen LogP contribution is 2.34. The average Bonchev–Trinajstić information content (AvgIpc) is 3.06. The molecule has 0 bridgehead atoms. The Morgan fingerprint density at radius 3 is 2.76 bits per heavy atom. The molecule has 0 amide bonds. The van der Waals surface area contributed by atoms with Gasteiger partial charge in [-0.3, -0.25) is 0 Å². The monoisotopic (exact) mass is 337 g/mol. The molecule has 1 aliphatic carbocycles. The molecule has 1 aliphatic heterocycles. The van der Waals surface area contributed by atoms with Crippen LogP contribution in [-0.2, 0) is 0 Å². The Labute approximate surface area is 144 Å². The Morgan fingerprint density at radius 2 is 1.92 bits per heavy atom. The van der Waals surface area contributed by atoms with Crippen LogP contribution in [0.4, 0.5) is 17.5 Å². The van der Waals surface area contributed by atoms with Gasteiger partial charge in [-0.25, -0.2) is 0 Å². The molecule has 1 saturated carbocycles. The normalized spacial score (nSPS) is 16.5. The van der Waals surface area contributed by atoms with Crippen molar-refractivity contribution in [2.45, 2.75) is 25.3 Å². The fraction of sp³-hybridized carbons (Fsp3) is 0.333. The average molecular weight is 337 g/mol. The van der Waals surface area contributed by atoms with Gasteiger partial charge in [-0.15, -0.1) is 0 Å². The Bertz CT molecular complexity index is 919. The molecule has 0 atom stereocenters. The molecule has 3 N–H and O–H groups in total. The van der Waals surface area contributed by atoms with Gasteiger partial charge in [-0.05, 0) is 37.5 Å². The molecule has 2 aromatic heterocycles. The lowest BCUT2D eigenvalue weighted by atomic mass is 9.93. The van der Waals surface area contributed by atoms with Gasteiger partial charge in [0.1, 0.15) is 24.7 Å². The molecule has 1 aromatic carbocycles. The fourth-order valence-corrected chi connectivity index (χ4v) is 3.10. The van der Waals surface area contributed by atoms with Crippen molar-refractivity contribution < 1.29 is 9.47 Å². The number of aromatic amines is 1. The standard InChI is InChI=1S/C18H19N5O2/c1-2-11(3-1)20-17-13-6-7-19-16(13)22-18(23-17)21-12-4-5-14-15(10-12)25-9-8-24-14/h4-7,10-11H,1-3,8-9H2,(H3,19,20,21,22,23). The number of nitrogens with zero attached hydrogens (tertiary/aromatic N) is 2. The van der Waals surface area contributed by atoms with E-state index in [2.05, 4.69) is 25.6 Å². The number of fused-ring (bicyclic) bond motifs is 2. The van der Waals surface area contributed by atoms with Crippen LogP contribution in [0.2, 0.25) is 0 Å². The third-order valence-electron chi connectivity index (χ3n) is 4.66. The predicted molar refractivity (Wildman–Crippen MR) is 95.9 cm³/mol. The van der Waals surface area contributed by atoms with Crippen LogP contribution in [-0.4, -0.2) is 34.2 Å². The first-order valence-corrected chi connectivity index (χ1v) is 8.63. The van der Waals surface area contributed by atoms with Gasteiger partial charge in [0, 0.05) is 24.0 Å². The van der Waals surface area contributed by atoms with E-state index in [1.807, 2.05) is 30.5 Å². The van der Waals surface area contributed by atoms with Crippen molar-refractivity contribution in [2.75, 3.05) is 23.8 Å². The number of benzene rings is 1. The van der Waals surface area contributed by atoms with Gasteiger partial charge >= 0.3 is 0 Å². The molecule has 0 spiro atoms. The lowest BCUT2D eigenvalue weighted by Crippen LogP contribution is -2.27. The van der Waals surface area contributed by atoms with Crippen LogP contribution >= 0.6 is 0 Å². The van der Waals surface area contributed by atoms with Gasteiger partial charge in [0.2, 0.25) is 5.95 Å². The maximum atomic E-state index is 5.63. The fourth-order valence-electron chi connectivity index (χ4n) is 3.10. The molecule has 2 aliphatic rings. The van der Waals surface area contributed by atoms with Gasteiger partial charge in [0.25, 0.3) is 0 Å². The number of rotatable bonds is 4. The largest absolute Gasteiger partial charge is 0.486 e. The molecule has 25 heavy (non-hydrogen) atoms. The Kier molecular flexibility index (Phi) is 3.36. The van der Waals surface area contributed by atoms with Crippen molar-refractivity contribution in [1.82, 2.24) is 15.0 Å². The smallest absolute Gasteiger partial charge is 0.231 e. The first kappa shape index (κ1) is 14.4. The molecule has 7 nitrogen and oxygen atoms in total. The molecule has 0 unspecified atom stereocenters. The summed E-state index contributed by atoms with van der Waals surface area (Å²) in [5, 5.41) is 7.81. The van der Waals surface area contributed by atoms with Crippen LogP contribution in [0.1, 0.15) is 19.3 Å². The summed E-state index contributed by atoms with van der Waals surface area (Å²) in [7, 11) is 0. The second-order valence-electron chi connectivity index (χ2n) is 6.39. The summed E-state index contributed by atoms with van der Waals surface area (Å²) in [6, 6.07) is 8.27. The number of anilines is 3. The lowest BCUT2D eigenvalue weighted by Gasteiger charge is -2.27. The van der Waals surface area contributed by atoms with E-state index < -0.39 is 0 Å². The van der Waals surface area contributed by atoms with Crippen molar-refractivity contribution in [3.05, 3.63) is 30.5 Å². The molecule has 3 aromatic rings. The van der Waals surface area contributed by atoms with E-state index in [9.17, 15) is 0 Å². The van der Waals surface area contributed by atoms with E-state index in [0.717, 1.165) is 34.0 Å². The zero-order valence-corrected chi connectivity index (χ0v) is 13.7. The minimum Gasteiger partial charge on any atom is -0.486 e. The molecular weight excluding hydrogens is 318 g/mol. The molecule has 0 radical (unpaired) electrons. The second kappa shape index (κ2) is 5.84. The molecule has 7 heteroatoms. The highest BCUT2D eigenvalue weighted by Gasteiger charge is 2.20. The predicted octanol–water partition coefficient (Wildman–Crippen LogP) is 3.44. The van der Waals surface area contributed by atoms with Crippen LogP contribution < -0.4 is 20.1 Å². The van der Waals surface area contributed by atoms with Gasteiger partial charge in [-0.1, -0.05) is 0 Å². The summed E-state index contributed by atoms with van der Waals surface area (Å²) in [6.45, 7) is 1.15. The van der Waals surface area contributed by atoms with Crippen LogP contribution in [0.25, 0.3) is 11.0 Å². The van der Waals surface area contributed by atoms with Gasteiger partial charge in [0.15, 0.2) is 11.5 Å². The van der Waals surface area contributed by atoms with Crippen molar-refractivity contribution in [2.24, 2.45) is 0 Å². The number of hydrogen-bond acceptors (Lipinski definition) is 6. The van der Waals surface area contributed by atoms with E-state index in [-0.39, 0.29) is 0 Å². The summed E-state index contributed by atoms with van der Waals surface area (Å²) in [5.41, 5.74) is 1.68. The number of nitrogens with one attached hydrogen (secondary N) is 3. The number of hydrogen-bond donors (Lipinski definition) is 3. The van der Waals surface area contributed by atoms with Crippen LogP contribution in [0.3, 0.4) is 0 Å². The van der Waals surface area contributed by atoms with E-state index in [1.54, 1.807) is 0 Å². The van der Waals surface area contributed by atoms with Gasteiger partial charge in [0.05, 0.1) is 5.39 Å². The molecular formula is C18H19N5O2. The van der Waals surface area contributed by atoms with E-state index in [4.69, 9.17) is 9.47 Å². The van der Waals surface area contributed by atoms with Crippen LogP contribution in [0.15, 0.2) is 30.5 Å². The minimum absolute atomic E-state index is 0.509. The van der Waals surface area contributed by atoms with Crippen molar-refractivity contribution in [1.29, 1.82) is 0 Å². The van der Waals surface area contributed by atoms with E-state index >= 15 is 0 Å². The Morgan fingerprint density at radius 1 is 1.04 bits per heavy atom. The molecule has 1 fully saturated rings. The highest BCUT2D eigenvalue weighted by atomic mass is 16.6. The Hall–Kier alpha value is -2.96. The first-order valence-electron chi connectivity index (χ1n) is 8.63. The maximum Gasteiger partial charge on any atom is 0.231 e. The Balaban J connectivity index is 1.45. The van der Waals surface area contributed by atoms with Crippen molar-refractivity contribution in [3.63, 3.8) is 0 Å². The summed E-state index contributed by atoms with van der Waals surface area (Å²) < 4.78 is 11.2. The van der Waals surface area contributed by atoms with Gasteiger partial charge in [-0.2, -0.15) is 9.97 Å². The summed E-state index contributed by atoms with van der Waals surface area (Å²) in [4.78, 5) is 12.4. The zero-order valence-electron chi connectivity index (χ0n) is 13.7. The molecule has 0 saturated heterocycles. The summed E-state index contributed by atoms with van der Waals surface area (Å²) in [5.74, 6) is 2.93. The SMILES string of the molecule is c1cc2c(NC3CCC3)nc(Nc3ccc4c(c3)OCCO4)nc2[nH]1. The number of aromatic nitrogens is 3. The lowest BCUT2D eigenvalue weighted by molar-refractivity contribution is 0.171. The zero-order chi connectivity index (χ0) is 16.6. The minimum atomic E-state index is 0.509. The number of ether oxygens (including phenoxy) is 2. The van der Waals surface area contributed by atoms with Crippen molar-refractivity contribution in [3.8, 4) is 11.5 Å². The highest BCUT2D eigenvalue weighted by molar-refractivity contribution is 5.88. The van der Waals surface area contributed by atoms with Gasteiger partial charge < -0.3 is 25.1 Å². The van der Waals surface area contributed by atoms with E-state index in [1.165, 1.54) is 19.3 Å². The first-order chi connectivity index (χ1) is 12.3. The topological polar surface area (TPSA) is 84.1 Å². The third kappa shape index (κ3) is 2.71. The molecule has 3 heterocycles.